The van der Waals surface area contributed by atoms with Crippen LogP contribution >= 0.6 is 0 Å². The smallest absolute Gasteiger partial charge is 0.257 e. The number of anilines is 1. The number of hydrogen-bond donors (Lipinski definition) is 1. The average Bonchev–Trinajstić information content (AvgIpc) is 2.82. The third kappa shape index (κ3) is 5.25. The molecule has 0 saturated carbocycles. The second-order valence-corrected chi connectivity index (χ2v) is 6.76. The summed E-state index contributed by atoms with van der Waals surface area (Å²) in [5, 5.41) is 2.91. The summed E-state index contributed by atoms with van der Waals surface area (Å²) in [5.74, 6) is 2.16. The van der Waals surface area contributed by atoms with Crippen molar-refractivity contribution in [2.75, 3.05) is 33.8 Å². The van der Waals surface area contributed by atoms with Gasteiger partial charge < -0.3 is 24.3 Å². The molecule has 0 aliphatic carbocycles. The molecule has 0 spiro atoms. The lowest BCUT2D eigenvalue weighted by Crippen LogP contribution is -2.13. The summed E-state index contributed by atoms with van der Waals surface area (Å²) >= 11 is 0. The average molecular weight is 422 g/mol. The number of carbonyl (C=O) groups excluding carboxylic acids is 1. The molecule has 162 valence electrons. The molecule has 0 fully saturated rings. The number of benzene rings is 2. The molecular weight excluding hydrogens is 396 g/mol. The standard InChI is InChI=1S/C24H26N2O5/c1-28-20-10-9-16(12-19(20)26-24(27)18-6-5-11-25-15-18)7-8-17-13-21(29-2)23(31-4)22(14-17)30-3/h5-6,9-15H,7-8H2,1-4H3,(H,26,27). The zero-order chi connectivity index (χ0) is 22.2. The lowest BCUT2D eigenvalue weighted by Gasteiger charge is -2.15. The molecule has 1 N–H and O–H groups in total. The van der Waals surface area contributed by atoms with E-state index < -0.39 is 0 Å². The molecule has 0 aliphatic heterocycles. The van der Waals surface area contributed by atoms with Crippen molar-refractivity contribution in [1.29, 1.82) is 0 Å². The largest absolute Gasteiger partial charge is 0.495 e. The molecule has 0 bridgehead atoms. The van der Waals surface area contributed by atoms with E-state index in [1.54, 1.807) is 46.8 Å². The van der Waals surface area contributed by atoms with Crippen LogP contribution in [0.3, 0.4) is 0 Å². The third-order valence-corrected chi connectivity index (χ3v) is 4.86. The van der Waals surface area contributed by atoms with Gasteiger partial charge in [0.25, 0.3) is 5.91 Å². The molecule has 0 aliphatic rings. The lowest BCUT2D eigenvalue weighted by atomic mass is 10.0. The molecule has 1 heterocycles. The maximum Gasteiger partial charge on any atom is 0.257 e. The number of carbonyl (C=O) groups is 1. The molecule has 31 heavy (non-hydrogen) atoms. The first-order valence-corrected chi connectivity index (χ1v) is 9.76. The number of methoxy groups -OCH3 is 4. The summed E-state index contributed by atoms with van der Waals surface area (Å²) in [6, 6.07) is 13.1. The number of nitrogens with one attached hydrogen (secondary N) is 1. The van der Waals surface area contributed by atoms with E-state index in [4.69, 9.17) is 18.9 Å². The SMILES string of the molecule is COc1ccc(CCc2cc(OC)c(OC)c(OC)c2)cc1NC(=O)c1cccnc1. The Balaban J connectivity index is 1.78. The first-order valence-electron chi connectivity index (χ1n) is 9.76. The number of nitrogens with zero attached hydrogens (tertiary/aromatic N) is 1. The fraction of sp³-hybridized carbons (Fsp3) is 0.250. The molecule has 1 aromatic heterocycles. The molecule has 0 saturated heterocycles. The van der Waals surface area contributed by atoms with Gasteiger partial charge in [0, 0.05) is 12.4 Å². The fourth-order valence-electron chi connectivity index (χ4n) is 3.27. The molecule has 0 radical (unpaired) electrons. The van der Waals surface area contributed by atoms with Gasteiger partial charge in [-0.25, -0.2) is 0 Å². The molecule has 2 aromatic carbocycles. The maximum atomic E-state index is 12.5. The molecule has 1 amide bonds. The van der Waals surface area contributed by atoms with Crippen molar-refractivity contribution in [2.45, 2.75) is 12.8 Å². The van der Waals surface area contributed by atoms with Crippen molar-refractivity contribution >= 4 is 11.6 Å². The van der Waals surface area contributed by atoms with Crippen molar-refractivity contribution in [3.63, 3.8) is 0 Å². The van der Waals surface area contributed by atoms with Gasteiger partial charge in [-0.3, -0.25) is 9.78 Å². The molecule has 0 atom stereocenters. The number of aryl methyl sites for hydroxylation is 2. The van der Waals surface area contributed by atoms with Crippen molar-refractivity contribution in [3.05, 3.63) is 71.5 Å². The number of amides is 1. The molecule has 3 aromatic rings. The summed E-state index contributed by atoms with van der Waals surface area (Å²) in [6.07, 6.45) is 4.65. The van der Waals surface area contributed by atoms with Gasteiger partial charge in [0.05, 0.1) is 39.7 Å². The Hall–Kier alpha value is -3.74. The van der Waals surface area contributed by atoms with Crippen LogP contribution < -0.4 is 24.3 Å². The van der Waals surface area contributed by atoms with E-state index >= 15 is 0 Å². The van der Waals surface area contributed by atoms with E-state index in [0.29, 0.717) is 34.2 Å². The number of ether oxygens (including phenoxy) is 4. The van der Waals surface area contributed by atoms with Gasteiger partial charge in [0.15, 0.2) is 11.5 Å². The van der Waals surface area contributed by atoms with Gasteiger partial charge in [-0.05, 0) is 60.4 Å². The Kier molecular flexibility index (Phi) is 7.32. The second kappa shape index (κ2) is 10.3. The van der Waals surface area contributed by atoms with Crippen molar-refractivity contribution in [1.82, 2.24) is 4.98 Å². The van der Waals surface area contributed by atoms with Crippen LogP contribution in [-0.2, 0) is 12.8 Å². The lowest BCUT2D eigenvalue weighted by molar-refractivity contribution is 0.102. The Morgan fingerprint density at radius 3 is 2.10 bits per heavy atom. The minimum absolute atomic E-state index is 0.242. The van der Waals surface area contributed by atoms with Gasteiger partial charge in [-0.1, -0.05) is 6.07 Å². The van der Waals surface area contributed by atoms with Gasteiger partial charge in [-0.2, -0.15) is 0 Å². The van der Waals surface area contributed by atoms with Crippen LogP contribution in [0.15, 0.2) is 54.9 Å². The highest BCUT2D eigenvalue weighted by Gasteiger charge is 2.14. The van der Waals surface area contributed by atoms with Crippen LogP contribution in [-0.4, -0.2) is 39.3 Å². The minimum Gasteiger partial charge on any atom is -0.495 e. The van der Waals surface area contributed by atoms with Gasteiger partial charge >= 0.3 is 0 Å². The van der Waals surface area contributed by atoms with E-state index in [1.807, 2.05) is 30.3 Å². The highest BCUT2D eigenvalue weighted by Crippen LogP contribution is 2.38. The van der Waals surface area contributed by atoms with Crippen molar-refractivity contribution in [2.24, 2.45) is 0 Å². The van der Waals surface area contributed by atoms with Crippen LogP contribution in [0, 0.1) is 0 Å². The monoisotopic (exact) mass is 422 g/mol. The van der Waals surface area contributed by atoms with Gasteiger partial charge in [-0.15, -0.1) is 0 Å². The number of aromatic nitrogens is 1. The summed E-state index contributed by atoms with van der Waals surface area (Å²) in [4.78, 5) is 16.5. The van der Waals surface area contributed by atoms with Gasteiger partial charge in [0.2, 0.25) is 5.75 Å². The van der Waals surface area contributed by atoms with Crippen LogP contribution in [0.5, 0.6) is 23.0 Å². The Morgan fingerprint density at radius 2 is 1.52 bits per heavy atom. The molecule has 7 heteroatoms. The molecular formula is C24H26N2O5. The summed E-state index contributed by atoms with van der Waals surface area (Å²) < 4.78 is 21.7. The predicted molar refractivity (Wildman–Crippen MR) is 119 cm³/mol. The molecule has 7 nitrogen and oxygen atoms in total. The Bertz CT molecular complexity index is 1010. The normalized spacial score (nSPS) is 10.3. The summed E-state index contributed by atoms with van der Waals surface area (Å²) in [6.45, 7) is 0. The highest BCUT2D eigenvalue weighted by molar-refractivity contribution is 6.04. The quantitative estimate of drug-likeness (QED) is 0.558. The van der Waals surface area contributed by atoms with Crippen molar-refractivity contribution < 1.29 is 23.7 Å². The molecule has 3 rings (SSSR count). The summed E-state index contributed by atoms with van der Waals surface area (Å²) in [5.41, 5.74) is 3.19. The van der Waals surface area contributed by atoms with Gasteiger partial charge in [0.1, 0.15) is 5.75 Å². The fourth-order valence-corrected chi connectivity index (χ4v) is 3.27. The third-order valence-electron chi connectivity index (χ3n) is 4.86. The molecule has 0 unspecified atom stereocenters. The zero-order valence-corrected chi connectivity index (χ0v) is 18.1. The van der Waals surface area contributed by atoms with E-state index in [1.165, 1.54) is 6.20 Å². The number of pyridine rings is 1. The summed E-state index contributed by atoms with van der Waals surface area (Å²) in [7, 11) is 6.35. The number of hydrogen-bond acceptors (Lipinski definition) is 6. The highest BCUT2D eigenvalue weighted by atomic mass is 16.5. The Labute approximate surface area is 181 Å². The van der Waals surface area contributed by atoms with Crippen LogP contribution in [0.25, 0.3) is 0 Å². The van der Waals surface area contributed by atoms with E-state index in [0.717, 1.165) is 24.0 Å². The first kappa shape index (κ1) is 22.0. The second-order valence-electron chi connectivity index (χ2n) is 6.76. The van der Waals surface area contributed by atoms with Crippen LogP contribution in [0.2, 0.25) is 0 Å². The first-order chi connectivity index (χ1) is 15.1. The van der Waals surface area contributed by atoms with Crippen LogP contribution in [0.4, 0.5) is 5.69 Å². The van der Waals surface area contributed by atoms with Crippen LogP contribution in [0.1, 0.15) is 21.5 Å². The van der Waals surface area contributed by atoms with E-state index in [2.05, 4.69) is 10.3 Å². The number of rotatable bonds is 9. The minimum atomic E-state index is -0.242. The topological polar surface area (TPSA) is 78.9 Å². The van der Waals surface area contributed by atoms with Crippen molar-refractivity contribution in [3.8, 4) is 23.0 Å². The van der Waals surface area contributed by atoms with E-state index in [-0.39, 0.29) is 5.91 Å². The predicted octanol–water partition coefficient (Wildman–Crippen LogP) is 4.15. The van der Waals surface area contributed by atoms with E-state index in [9.17, 15) is 4.79 Å². The zero-order valence-electron chi connectivity index (χ0n) is 18.1. The Morgan fingerprint density at radius 1 is 0.839 bits per heavy atom. The maximum absolute atomic E-state index is 12.5.